The molecule has 35 heavy (non-hydrogen) atoms. The third-order valence-corrected chi connectivity index (χ3v) is 6.49. The number of benzene rings is 2. The first kappa shape index (κ1) is 24.4. The van der Waals surface area contributed by atoms with Crippen molar-refractivity contribution in [2.24, 2.45) is 0 Å². The van der Waals surface area contributed by atoms with Crippen LogP contribution in [0.25, 0.3) is 0 Å². The number of nitrogens with zero attached hydrogens (tertiary/aromatic N) is 5. The highest BCUT2D eigenvalue weighted by atomic mass is 32.2. The number of para-hydroxylation sites is 2. The van der Waals surface area contributed by atoms with Gasteiger partial charge in [0.15, 0.2) is 0 Å². The summed E-state index contributed by atoms with van der Waals surface area (Å²) in [6.45, 7) is 2.98. The summed E-state index contributed by atoms with van der Waals surface area (Å²) in [4.78, 5) is 29.7. The van der Waals surface area contributed by atoms with E-state index in [1.165, 1.54) is 11.8 Å². The number of hydrogen-bond donors (Lipinski definition) is 2. The number of carbonyl (C=O) groups excluding carboxylic acids is 1. The van der Waals surface area contributed by atoms with Crippen molar-refractivity contribution in [3.8, 4) is 11.5 Å². The summed E-state index contributed by atoms with van der Waals surface area (Å²) in [6, 6.07) is 15.5. The van der Waals surface area contributed by atoms with E-state index < -0.39 is 0 Å². The van der Waals surface area contributed by atoms with Crippen molar-refractivity contribution in [1.82, 2.24) is 19.9 Å². The maximum absolute atomic E-state index is 12.7. The molecule has 1 aromatic heterocycles. The van der Waals surface area contributed by atoms with Gasteiger partial charge in [-0.25, -0.2) is 0 Å². The number of anilines is 4. The van der Waals surface area contributed by atoms with Crippen LogP contribution >= 0.6 is 11.8 Å². The van der Waals surface area contributed by atoms with E-state index in [1.54, 1.807) is 14.2 Å². The standard InChI is InChI=1S/C24H29N7O3S/c1-33-18-9-7-17(8-10-18)30-11-13-31(14-12-30)22(32)16-35-15-21-27-23(25)29-24(28-21)26-19-5-3-4-6-20(19)34-2/h3-10H,11-16H2,1-2H3,(H3,25,26,27,28,29). The zero-order valence-electron chi connectivity index (χ0n) is 19.8. The largest absolute Gasteiger partial charge is 0.497 e. The van der Waals surface area contributed by atoms with Crippen molar-refractivity contribution in [3.05, 3.63) is 54.4 Å². The van der Waals surface area contributed by atoms with Gasteiger partial charge in [-0.2, -0.15) is 15.0 Å². The molecule has 2 aromatic carbocycles. The molecule has 0 saturated carbocycles. The fraction of sp³-hybridized carbons (Fsp3) is 0.333. The summed E-state index contributed by atoms with van der Waals surface area (Å²) in [5.41, 5.74) is 7.74. The highest BCUT2D eigenvalue weighted by molar-refractivity contribution is 7.99. The minimum Gasteiger partial charge on any atom is -0.497 e. The van der Waals surface area contributed by atoms with Crippen LogP contribution in [-0.4, -0.2) is 71.9 Å². The van der Waals surface area contributed by atoms with E-state index in [0.717, 1.165) is 30.2 Å². The van der Waals surface area contributed by atoms with Crippen molar-refractivity contribution < 1.29 is 14.3 Å². The molecule has 0 atom stereocenters. The first-order chi connectivity index (χ1) is 17.1. The smallest absolute Gasteiger partial charge is 0.232 e. The van der Waals surface area contributed by atoms with E-state index in [1.807, 2.05) is 53.4 Å². The molecule has 0 spiro atoms. The van der Waals surface area contributed by atoms with Crippen LogP contribution in [0.2, 0.25) is 0 Å². The van der Waals surface area contributed by atoms with Crippen molar-refractivity contribution >= 4 is 40.9 Å². The maximum Gasteiger partial charge on any atom is 0.232 e. The molecule has 0 aliphatic carbocycles. The number of nitrogen functional groups attached to an aromatic ring is 1. The van der Waals surface area contributed by atoms with Gasteiger partial charge in [0.1, 0.15) is 17.3 Å². The molecular formula is C24H29N7O3S. The lowest BCUT2D eigenvalue weighted by molar-refractivity contribution is -0.128. The van der Waals surface area contributed by atoms with Crippen LogP contribution in [-0.2, 0) is 10.5 Å². The number of nitrogens with one attached hydrogen (secondary N) is 1. The van der Waals surface area contributed by atoms with Crippen LogP contribution < -0.4 is 25.4 Å². The number of aromatic nitrogens is 3. The molecule has 2 heterocycles. The summed E-state index contributed by atoms with van der Waals surface area (Å²) in [6.07, 6.45) is 0. The molecule has 3 aromatic rings. The fourth-order valence-corrected chi connectivity index (χ4v) is 4.53. The second-order valence-corrected chi connectivity index (χ2v) is 8.80. The molecule has 3 N–H and O–H groups in total. The Morgan fingerprint density at radius 3 is 2.46 bits per heavy atom. The van der Waals surface area contributed by atoms with E-state index in [4.69, 9.17) is 15.2 Å². The number of ether oxygens (including phenoxy) is 2. The Morgan fingerprint density at radius 1 is 1.00 bits per heavy atom. The molecule has 1 saturated heterocycles. The predicted molar refractivity (Wildman–Crippen MR) is 138 cm³/mol. The van der Waals surface area contributed by atoms with Gasteiger partial charge < -0.3 is 30.3 Å². The van der Waals surface area contributed by atoms with Gasteiger partial charge >= 0.3 is 0 Å². The van der Waals surface area contributed by atoms with Gasteiger partial charge in [-0.05, 0) is 36.4 Å². The normalized spacial score (nSPS) is 13.4. The third-order valence-electron chi connectivity index (χ3n) is 5.58. The molecule has 0 unspecified atom stereocenters. The van der Waals surface area contributed by atoms with Gasteiger partial charge in [-0.1, -0.05) is 12.1 Å². The molecule has 184 valence electrons. The Labute approximate surface area is 208 Å². The van der Waals surface area contributed by atoms with Crippen molar-refractivity contribution in [1.29, 1.82) is 0 Å². The van der Waals surface area contributed by atoms with Gasteiger partial charge in [0.25, 0.3) is 0 Å². The molecule has 1 fully saturated rings. The molecule has 0 radical (unpaired) electrons. The van der Waals surface area contributed by atoms with Crippen molar-refractivity contribution in [2.75, 3.05) is 62.1 Å². The first-order valence-electron chi connectivity index (χ1n) is 11.2. The van der Waals surface area contributed by atoms with Gasteiger partial charge in [-0.15, -0.1) is 11.8 Å². The van der Waals surface area contributed by atoms with E-state index in [2.05, 4.69) is 25.2 Å². The Morgan fingerprint density at radius 2 is 1.74 bits per heavy atom. The monoisotopic (exact) mass is 495 g/mol. The maximum atomic E-state index is 12.7. The van der Waals surface area contributed by atoms with Crippen LogP contribution in [0.4, 0.5) is 23.3 Å². The SMILES string of the molecule is COc1ccc(N2CCN(C(=O)CSCc3nc(N)nc(Nc4ccccc4OC)n3)CC2)cc1. The van der Waals surface area contributed by atoms with E-state index in [9.17, 15) is 4.79 Å². The Balaban J connectivity index is 1.26. The van der Waals surface area contributed by atoms with E-state index in [0.29, 0.717) is 42.1 Å². The van der Waals surface area contributed by atoms with E-state index in [-0.39, 0.29) is 11.9 Å². The van der Waals surface area contributed by atoms with Gasteiger partial charge in [-0.3, -0.25) is 4.79 Å². The van der Waals surface area contributed by atoms with Gasteiger partial charge in [0.2, 0.25) is 17.8 Å². The molecule has 4 rings (SSSR count). The minimum atomic E-state index is 0.110. The second-order valence-electron chi connectivity index (χ2n) is 7.82. The van der Waals surface area contributed by atoms with Crippen LogP contribution in [0.3, 0.4) is 0 Å². The number of amides is 1. The Hall–Kier alpha value is -3.73. The highest BCUT2D eigenvalue weighted by Crippen LogP contribution is 2.26. The second kappa shape index (κ2) is 11.6. The zero-order chi connectivity index (χ0) is 24.6. The van der Waals surface area contributed by atoms with Crippen LogP contribution in [0.5, 0.6) is 11.5 Å². The van der Waals surface area contributed by atoms with Crippen LogP contribution in [0, 0.1) is 0 Å². The Kier molecular flexibility index (Phi) is 8.09. The summed E-state index contributed by atoms with van der Waals surface area (Å²) < 4.78 is 10.6. The summed E-state index contributed by atoms with van der Waals surface area (Å²) in [7, 11) is 3.26. The fourth-order valence-electron chi connectivity index (χ4n) is 3.75. The first-order valence-corrected chi connectivity index (χ1v) is 12.4. The molecule has 1 amide bonds. The number of hydrogen-bond acceptors (Lipinski definition) is 10. The average molecular weight is 496 g/mol. The van der Waals surface area contributed by atoms with Crippen LogP contribution in [0.15, 0.2) is 48.5 Å². The van der Waals surface area contributed by atoms with Crippen LogP contribution in [0.1, 0.15) is 5.82 Å². The Bertz CT molecular complexity index is 1140. The lowest BCUT2D eigenvalue weighted by Crippen LogP contribution is -2.49. The third kappa shape index (κ3) is 6.44. The minimum absolute atomic E-state index is 0.110. The average Bonchev–Trinajstić information content (AvgIpc) is 2.89. The lowest BCUT2D eigenvalue weighted by atomic mass is 10.2. The molecule has 11 heteroatoms. The van der Waals surface area contributed by atoms with Gasteiger partial charge in [0, 0.05) is 31.9 Å². The quantitative estimate of drug-likeness (QED) is 0.459. The molecule has 10 nitrogen and oxygen atoms in total. The summed E-state index contributed by atoms with van der Waals surface area (Å²) >= 11 is 1.46. The van der Waals surface area contributed by atoms with Crippen molar-refractivity contribution in [3.63, 3.8) is 0 Å². The topological polar surface area (TPSA) is 119 Å². The molecule has 1 aliphatic heterocycles. The number of methoxy groups -OCH3 is 2. The van der Waals surface area contributed by atoms with Crippen molar-refractivity contribution in [2.45, 2.75) is 5.75 Å². The highest BCUT2D eigenvalue weighted by Gasteiger charge is 2.21. The number of piperazine rings is 1. The predicted octanol–water partition coefficient (Wildman–Crippen LogP) is 2.80. The van der Waals surface area contributed by atoms with Gasteiger partial charge in [0.05, 0.1) is 31.4 Å². The number of thioether (sulfide) groups is 1. The number of nitrogens with two attached hydrogens (primary N) is 1. The summed E-state index contributed by atoms with van der Waals surface area (Å²) in [5, 5.41) is 3.12. The molecular weight excluding hydrogens is 466 g/mol. The molecule has 1 aliphatic rings. The zero-order valence-corrected chi connectivity index (χ0v) is 20.6. The number of rotatable bonds is 9. The van der Waals surface area contributed by atoms with E-state index >= 15 is 0 Å². The number of carbonyl (C=O) groups is 1. The summed E-state index contributed by atoms with van der Waals surface area (Å²) in [5.74, 6) is 3.37. The molecule has 0 bridgehead atoms. The lowest BCUT2D eigenvalue weighted by Gasteiger charge is -2.36.